The van der Waals surface area contributed by atoms with E-state index in [1.165, 1.54) is 18.2 Å². The zero-order chi connectivity index (χ0) is 15.0. The molecule has 0 N–H and O–H groups in total. The van der Waals surface area contributed by atoms with E-state index in [1.807, 2.05) is 0 Å². The van der Waals surface area contributed by atoms with Gasteiger partial charge in [-0.3, -0.25) is 14.4 Å². The Morgan fingerprint density at radius 2 is 1.52 bits per heavy atom. The molecule has 1 aliphatic carbocycles. The van der Waals surface area contributed by atoms with Gasteiger partial charge in [0, 0.05) is 27.8 Å². The Morgan fingerprint density at radius 3 is 2.19 bits per heavy atom. The second-order valence-electron chi connectivity index (χ2n) is 4.54. The second-order valence-corrected chi connectivity index (χ2v) is 4.54. The van der Waals surface area contributed by atoms with Crippen LogP contribution < -0.4 is 0 Å². The second kappa shape index (κ2) is 4.74. The van der Waals surface area contributed by atoms with Crippen molar-refractivity contribution in [3.05, 3.63) is 75.8 Å². The minimum Gasteiger partial charge on any atom is -0.361 e. The van der Waals surface area contributed by atoms with Crippen LogP contribution in [0.5, 0.6) is 0 Å². The van der Waals surface area contributed by atoms with Crippen LogP contribution in [0.4, 0.5) is 0 Å². The van der Waals surface area contributed by atoms with Gasteiger partial charge in [-0.2, -0.15) is 4.79 Å². The summed E-state index contributed by atoms with van der Waals surface area (Å²) in [6.45, 7) is 0. The summed E-state index contributed by atoms with van der Waals surface area (Å²) in [7, 11) is 0. The zero-order valence-electron chi connectivity index (χ0n) is 10.7. The highest BCUT2D eigenvalue weighted by molar-refractivity contribution is 6.39. The van der Waals surface area contributed by atoms with Crippen molar-refractivity contribution in [1.82, 2.24) is 0 Å². The smallest absolute Gasteiger partial charge is 0.328 e. The number of ketones is 3. The molecule has 5 nitrogen and oxygen atoms in total. The third-order valence-electron chi connectivity index (χ3n) is 3.39. The van der Waals surface area contributed by atoms with Gasteiger partial charge in [0.15, 0.2) is 11.6 Å². The average Bonchev–Trinajstić information content (AvgIpc) is 2.52. The van der Waals surface area contributed by atoms with Crippen LogP contribution in [0, 0.1) is 0 Å². The van der Waals surface area contributed by atoms with E-state index in [0.29, 0.717) is 11.8 Å². The van der Waals surface area contributed by atoms with Gasteiger partial charge in [-0.1, -0.05) is 36.4 Å². The molecule has 0 radical (unpaired) electrons. The Bertz CT molecular complexity index is 862. The third kappa shape index (κ3) is 1.84. The zero-order valence-corrected chi connectivity index (χ0v) is 10.7. The van der Waals surface area contributed by atoms with Crippen molar-refractivity contribution in [2.45, 2.75) is 0 Å². The molecule has 0 heterocycles. The van der Waals surface area contributed by atoms with Crippen LogP contribution in [0.25, 0.3) is 5.53 Å². The highest BCUT2D eigenvalue weighted by Crippen LogP contribution is 2.29. The summed E-state index contributed by atoms with van der Waals surface area (Å²) in [4.78, 5) is 39.6. The molecule has 3 rings (SSSR count). The molecule has 21 heavy (non-hydrogen) atoms. The monoisotopic (exact) mass is 276 g/mol. The predicted octanol–water partition coefficient (Wildman–Crippen LogP) is 1.95. The van der Waals surface area contributed by atoms with E-state index >= 15 is 0 Å². The van der Waals surface area contributed by atoms with Crippen LogP contribution in [0.15, 0.2) is 42.5 Å². The largest absolute Gasteiger partial charge is 0.361 e. The fraction of sp³-hybridized carbons (Fsp3) is 0. The van der Waals surface area contributed by atoms with Crippen LogP contribution in [0.3, 0.4) is 0 Å². The summed E-state index contributed by atoms with van der Waals surface area (Å²) in [6.07, 6.45) is 0.702. The fourth-order valence-corrected chi connectivity index (χ4v) is 2.47. The maximum absolute atomic E-state index is 12.6. The van der Waals surface area contributed by atoms with Gasteiger partial charge in [-0.05, 0) is 6.07 Å². The topological polar surface area (TPSA) is 87.6 Å². The first-order valence-corrected chi connectivity index (χ1v) is 6.18. The Kier molecular flexibility index (Phi) is 2.90. The van der Waals surface area contributed by atoms with Crippen molar-refractivity contribution in [2.75, 3.05) is 0 Å². The van der Waals surface area contributed by atoms with Crippen molar-refractivity contribution >= 4 is 23.6 Å². The fourth-order valence-electron chi connectivity index (χ4n) is 2.47. The Hall–Kier alpha value is -3.17. The summed E-state index contributed by atoms with van der Waals surface area (Å²) in [5, 5.41) is 0. The van der Waals surface area contributed by atoms with E-state index in [9.17, 15) is 14.4 Å². The molecule has 2 aromatic rings. The lowest BCUT2D eigenvalue weighted by atomic mass is 9.81. The van der Waals surface area contributed by atoms with Gasteiger partial charge in [-0.25, -0.2) is 0 Å². The van der Waals surface area contributed by atoms with Gasteiger partial charge < -0.3 is 5.53 Å². The number of benzene rings is 2. The van der Waals surface area contributed by atoms with Crippen molar-refractivity contribution in [1.29, 1.82) is 0 Å². The molecule has 0 saturated carbocycles. The standard InChI is InChI=1S/C16H8N2O3/c17-18-8-13(19)11-6-3-7-12-14(11)16(21)10-5-2-1-4-9(10)15(12)20/h1-8H. The number of rotatable bonds is 2. The number of Topliss-reactive ketones (excluding diaryl/α,β-unsaturated/α-hetero) is 1. The predicted molar refractivity (Wildman–Crippen MR) is 73.8 cm³/mol. The van der Waals surface area contributed by atoms with E-state index in [4.69, 9.17) is 5.53 Å². The lowest BCUT2D eigenvalue weighted by molar-refractivity contribution is 0.00234. The minimum absolute atomic E-state index is 0.0538. The quantitative estimate of drug-likeness (QED) is 0.310. The van der Waals surface area contributed by atoms with E-state index in [-0.39, 0.29) is 33.8 Å². The van der Waals surface area contributed by atoms with Crippen molar-refractivity contribution in [3.63, 3.8) is 0 Å². The molecular formula is C16H8N2O3. The van der Waals surface area contributed by atoms with Crippen molar-refractivity contribution in [3.8, 4) is 0 Å². The Labute approximate surface area is 119 Å². The molecular weight excluding hydrogens is 268 g/mol. The first kappa shape index (κ1) is 12.8. The maximum atomic E-state index is 12.6. The summed E-state index contributed by atoms with van der Waals surface area (Å²) in [5.74, 6) is -1.30. The SMILES string of the molecule is [N-]=[N+]=CC(=O)c1cccc2c1C(=O)c1ccccc1C2=O. The molecule has 0 atom stereocenters. The lowest BCUT2D eigenvalue weighted by Gasteiger charge is -2.18. The Balaban J connectivity index is 2.31. The number of nitrogens with zero attached hydrogens (tertiary/aromatic N) is 2. The van der Waals surface area contributed by atoms with Crippen molar-refractivity contribution in [2.24, 2.45) is 0 Å². The molecule has 5 heteroatoms. The van der Waals surface area contributed by atoms with E-state index < -0.39 is 5.78 Å². The number of carbonyl (C=O) groups excluding carboxylic acids is 3. The minimum atomic E-state index is -0.630. The van der Waals surface area contributed by atoms with Crippen LogP contribution in [0.1, 0.15) is 42.2 Å². The summed E-state index contributed by atoms with van der Waals surface area (Å²) < 4.78 is 0. The third-order valence-corrected chi connectivity index (χ3v) is 3.39. The molecule has 0 saturated heterocycles. The number of hydrogen-bond acceptors (Lipinski definition) is 3. The average molecular weight is 276 g/mol. The first-order chi connectivity index (χ1) is 10.1. The molecule has 0 fully saturated rings. The number of hydrogen-bond donors (Lipinski definition) is 0. The molecule has 0 aliphatic heterocycles. The highest BCUT2D eigenvalue weighted by Gasteiger charge is 2.32. The molecule has 0 spiro atoms. The van der Waals surface area contributed by atoms with Gasteiger partial charge in [0.25, 0.3) is 5.78 Å². The Morgan fingerprint density at radius 1 is 0.905 bits per heavy atom. The van der Waals surface area contributed by atoms with Crippen molar-refractivity contribution < 1.29 is 19.2 Å². The van der Waals surface area contributed by atoms with Gasteiger partial charge in [0.2, 0.25) is 0 Å². The van der Waals surface area contributed by atoms with Crippen LogP contribution in [-0.2, 0) is 0 Å². The molecule has 2 aromatic carbocycles. The van der Waals surface area contributed by atoms with E-state index in [0.717, 1.165) is 0 Å². The normalized spacial score (nSPS) is 12.2. The maximum Gasteiger partial charge on any atom is 0.328 e. The summed E-state index contributed by atoms with van der Waals surface area (Å²) in [5.41, 5.74) is 9.38. The number of carbonyl (C=O) groups is 3. The summed E-state index contributed by atoms with van der Waals surface area (Å²) >= 11 is 0. The first-order valence-electron chi connectivity index (χ1n) is 6.18. The van der Waals surface area contributed by atoms with Gasteiger partial charge >= 0.3 is 6.21 Å². The van der Waals surface area contributed by atoms with Gasteiger partial charge in [0.1, 0.15) is 0 Å². The molecule has 0 bridgehead atoms. The molecule has 1 aliphatic rings. The van der Waals surface area contributed by atoms with Gasteiger partial charge in [0.05, 0.1) is 0 Å². The van der Waals surface area contributed by atoms with Crippen LogP contribution >= 0.6 is 0 Å². The summed E-state index contributed by atoms with van der Waals surface area (Å²) in [6, 6.07) is 11.0. The molecule has 0 amide bonds. The van der Waals surface area contributed by atoms with E-state index in [1.54, 1.807) is 24.3 Å². The van der Waals surface area contributed by atoms with Gasteiger partial charge in [-0.15, -0.1) is 0 Å². The number of fused-ring (bicyclic) bond motifs is 2. The molecule has 0 aromatic heterocycles. The van der Waals surface area contributed by atoms with Crippen LogP contribution in [0.2, 0.25) is 0 Å². The van der Waals surface area contributed by atoms with E-state index in [2.05, 4.69) is 4.79 Å². The lowest BCUT2D eigenvalue weighted by Crippen LogP contribution is -2.24. The van der Waals surface area contributed by atoms with Crippen LogP contribution in [-0.4, -0.2) is 28.4 Å². The molecule has 0 unspecified atom stereocenters. The molecule has 100 valence electrons. The highest BCUT2D eigenvalue weighted by atomic mass is 16.1.